The van der Waals surface area contributed by atoms with Crippen LogP contribution in [0.5, 0.6) is 0 Å². The zero-order valence-corrected chi connectivity index (χ0v) is 11.8. The predicted molar refractivity (Wildman–Crippen MR) is 74.3 cm³/mol. The van der Waals surface area contributed by atoms with E-state index in [2.05, 4.69) is 19.2 Å². The molecule has 0 saturated heterocycles. The zero-order valence-electron chi connectivity index (χ0n) is 11.0. The van der Waals surface area contributed by atoms with E-state index in [1.54, 1.807) is 12.1 Å². The fourth-order valence-corrected chi connectivity index (χ4v) is 3.37. The molecular weight excluding hydrogens is 249 g/mol. The van der Waals surface area contributed by atoms with Crippen molar-refractivity contribution in [3.8, 4) is 0 Å². The summed E-state index contributed by atoms with van der Waals surface area (Å²) in [5.74, 6) is 1.03. The molecular formula is C15H21ClFN. The highest BCUT2D eigenvalue weighted by Gasteiger charge is 2.32. The molecule has 3 unspecified atom stereocenters. The largest absolute Gasteiger partial charge is 0.310 e. The van der Waals surface area contributed by atoms with Crippen LogP contribution in [0.1, 0.15) is 44.7 Å². The molecule has 1 aromatic carbocycles. The summed E-state index contributed by atoms with van der Waals surface area (Å²) in [6.07, 6.45) is 3.73. The average Bonchev–Trinajstić information content (AvgIpc) is 2.76. The Labute approximate surface area is 114 Å². The second-order valence-corrected chi connectivity index (χ2v) is 5.68. The molecule has 0 radical (unpaired) electrons. The van der Waals surface area contributed by atoms with Crippen molar-refractivity contribution >= 4 is 11.6 Å². The lowest BCUT2D eigenvalue weighted by Gasteiger charge is -2.29. The molecule has 18 heavy (non-hydrogen) atoms. The van der Waals surface area contributed by atoms with Gasteiger partial charge in [-0.1, -0.05) is 38.3 Å². The number of nitrogens with one attached hydrogen (secondary N) is 1. The molecule has 1 fully saturated rings. The van der Waals surface area contributed by atoms with Gasteiger partial charge < -0.3 is 5.32 Å². The van der Waals surface area contributed by atoms with E-state index in [1.807, 2.05) is 0 Å². The van der Waals surface area contributed by atoms with Crippen LogP contribution in [-0.4, -0.2) is 6.54 Å². The van der Waals surface area contributed by atoms with Gasteiger partial charge in [0.15, 0.2) is 0 Å². The lowest BCUT2D eigenvalue weighted by Crippen LogP contribution is -2.30. The van der Waals surface area contributed by atoms with Crippen LogP contribution in [-0.2, 0) is 0 Å². The third-order valence-corrected chi connectivity index (χ3v) is 4.42. The average molecular weight is 270 g/mol. The summed E-state index contributed by atoms with van der Waals surface area (Å²) in [5.41, 5.74) is 0.914. The standard InChI is InChI=1S/C15H21ClFN/c1-3-18-15(12-6-4-5-10(12)2)13-9-11(17)7-8-14(13)16/h7-10,12,15,18H,3-6H2,1-2H3. The van der Waals surface area contributed by atoms with E-state index in [1.165, 1.54) is 25.3 Å². The Balaban J connectivity index is 2.31. The number of hydrogen-bond donors (Lipinski definition) is 1. The fraction of sp³-hybridized carbons (Fsp3) is 0.600. The Kier molecular flexibility index (Phi) is 4.63. The Bertz CT molecular complexity index is 407. The Hall–Kier alpha value is -0.600. The minimum absolute atomic E-state index is 0.177. The highest BCUT2D eigenvalue weighted by atomic mass is 35.5. The van der Waals surface area contributed by atoms with Crippen molar-refractivity contribution in [1.29, 1.82) is 0 Å². The Morgan fingerprint density at radius 1 is 1.44 bits per heavy atom. The van der Waals surface area contributed by atoms with E-state index in [9.17, 15) is 4.39 Å². The molecule has 0 spiro atoms. The maximum absolute atomic E-state index is 13.4. The second kappa shape index (κ2) is 6.03. The Morgan fingerprint density at radius 3 is 2.83 bits per heavy atom. The van der Waals surface area contributed by atoms with E-state index >= 15 is 0 Å². The summed E-state index contributed by atoms with van der Waals surface area (Å²) in [6, 6.07) is 4.85. The van der Waals surface area contributed by atoms with Gasteiger partial charge in [-0.3, -0.25) is 0 Å². The van der Waals surface area contributed by atoms with Crippen LogP contribution in [0, 0.1) is 17.7 Å². The third kappa shape index (κ3) is 2.86. The molecule has 0 bridgehead atoms. The van der Waals surface area contributed by atoms with Gasteiger partial charge in [-0.15, -0.1) is 0 Å². The maximum atomic E-state index is 13.4. The molecule has 3 atom stereocenters. The minimum Gasteiger partial charge on any atom is -0.310 e. The number of halogens is 2. The van der Waals surface area contributed by atoms with Crippen molar-refractivity contribution in [1.82, 2.24) is 5.32 Å². The van der Waals surface area contributed by atoms with Crippen LogP contribution in [0.2, 0.25) is 5.02 Å². The second-order valence-electron chi connectivity index (χ2n) is 5.27. The molecule has 100 valence electrons. The van der Waals surface area contributed by atoms with Crippen LogP contribution in [0.3, 0.4) is 0 Å². The van der Waals surface area contributed by atoms with E-state index in [0.717, 1.165) is 12.1 Å². The lowest BCUT2D eigenvalue weighted by molar-refractivity contribution is 0.305. The van der Waals surface area contributed by atoms with Gasteiger partial charge in [0, 0.05) is 11.1 Å². The highest BCUT2D eigenvalue weighted by molar-refractivity contribution is 6.31. The fourth-order valence-electron chi connectivity index (χ4n) is 3.13. The molecule has 1 N–H and O–H groups in total. The normalized spacial score (nSPS) is 25.3. The van der Waals surface area contributed by atoms with Crippen LogP contribution in [0.25, 0.3) is 0 Å². The first kappa shape index (κ1) is 13.8. The predicted octanol–water partition coefficient (Wildman–Crippen LogP) is 4.57. The molecule has 1 aliphatic carbocycles. The maximum Gasteiger partial charge on any atom is 0.123 e. The van der Waals surface area contributed by atoms with Crippen molar-refractivity contribution < 1.29 is 4.39 Å². The van der Waals surface area contributed by atoms with Crippen molar-refractivity contribution in [3.63, 3.8) is 0 Å². The van der Waals surface area contributed by atoms with Gasteiger partial charge in [-0.25, -0.2) is 4.39 Å². The van der Waals surface area contributed by atoms with Crippen molar-refractivity contribution in [2.75, 3.05) is 6.54 Å². The van der Waals surface area contributed by atoms with Gasteiger partial charge >= 0.3 is 0 Å². The van der Waals surface area contributed by atoms with Gasteiger partial charge in [0.2, 0.25) is 0 Å². The molecule has 1 aromatic rings. The molecule has 2 rings (SSSR count). The summed E-state index contributed by atoms with van der Waals surface area (Å²) in [5, 5.41) is 4.16. The van der Waals surface area contributed by atoms with E-state index in [-0.39, 0.29) is 11.9 Å². The SMILES string of the molecule is CCNC(c1cc(F)ccc1Cl)C1CCCC1C. The van der Waals surface area contributed by atoms with Crippen LogP contribution in [0.15, 0.2) is 18.2 Å². The van der Waals surface area contributed by atoms with Gasteiger partial charge in [0.25, 0.3) is 0 Å². The number of benzene rings is 1. The summed E-state index contributed by atoms with van der Waals surface area (Å²) in [6.45, 7) is 5.25. The molecule has 1 aliphatic rings. The van der Waals surface area contributed by atoms with E-state index in [4.69, 9.17) is 11.6 Å². The summed E-state index contributed by atoms with van der Waals surface area (Å²) >= 11 is 6.25. The monoisotopic (exact) mass is 269 g/mol. The summed E-state index contributed by atoms with van der Waals surface area (Å²) in [4.78, 5) is 0. The first-order valence-corrected chi connectivity index (χ1v) is 7.19. The quantitative estimate of drug-likeness (QED) is 0.845. The van der Waals surface area contributed by atoms with Crippen LogP contribution in [0.4, 0.5) is 4.39 Å². The van der Waals surface area contributed by atoms with Crippen LogP contribution >= 0.6 is 11.6 Å². The minimum atomic E-state index is -0.206. The number of rotatable bonds is 4. The topological polar surface area (TPSA) is 12.0 Å². The molecule has 0 amide bonds. The Morgan fingerprint density at radius 2 is 2.22 bits per heavy atom. The molecule has 0 heterocycles. The molecule has 0 aliphatic heterocycles. The summed E-state index contributed by atoms with van der Waals surface area (Å²) in [7, 11) is 0. The first-order chi connectivity index (χ1) is 8.63. The van der Waals surface area contributed by atoms with Gasteiger partial charge in [-0.05, 0) is 48.6 Å². The highest BCUT2D eigenvalue weighted by Crippen LogP contribution is 2.41. The van der Waals surface area contributed by atoms with Crippen molar-refractivity contribution in [3.05, 3.63) is 34.6 Å². The van der Waals surface area contributed by atoms with Gasteiger partial charge in [0.1, 0.15) is 5.82 Å². The molecule has 3 heteroatoms. The molecule has 1 nitrogen and oxygen atoms in total. The smallest absolute Gasteiger partial charge is 0.123 e. The molecule has 0 aromatic heterocycles. The number of hydrogen-bond acceptors (Lipinski definition) is 1. The van der Waals surface area contributed by atoms with Crippen LogP contribution < -0.4 is 5.32 Å². The lowest BCUT2D eigenvalue weighted by atomic mass is 9.86. The van der Waals surface area contributed by atoms with Gasteiger partial charge in [-0.2, -0.15) is 0 Å². The third-order valence-electron chi connectivity index (χ3n) is 4.07. The van der Waals surface area contributed by atoms with Gasteiger partial charge in [0.05, 0.1) is 0 Å². The zero-order chi connectivity index (χ0) is 13.1. The first-order valence-electron chi connectivity index (χ1n) is 6.81. The van der Waals surface area contributed by atoms with Crippen molar-refractivity contribution in [2.24, 2.45) is 11.8 Å². The van der Waals surface area contributed by atoms with E-state index < -0.39 is 0 Å². The summed E-state index contributed by atoms with van der Waals surface area (Å²) < 4.78 is 13.4. The van der Waals surface area contributed by atoms with Crippen molar-refractivity contribution in [2.45, 2.75) is 39.2 Å². The molecule has 1 saturated carbocycles. The van der Waals surface area contributed by atoms with E-state index in [0.29, 0.717) is 16.9 Å².